The lowest BCUT2D eigenvalue weighted by Gasteiger charge is -2.34. The fourth-order valence-electron chi connectivity index (χ4n) is 2.25. The van der Waals surface area contributed by atoms with E-state index in [0.717, 1.165) is 11.5 Å². The van der Waals surface area contributed by atoms with Crippen LogP contribution in [0.25, 0.3) is 0 Å². The second kappa shape index (κ2) is 7.38. The largest absolute Gasteiger partial charge is 0.357 e. The van der Waals surface area contributed by atoms with E-state index >= 15 is 0 Å². The summed E-state index contributed by atoms with van der Waals surface area (Å²) in [5, 5.41) is 0. The van der Waals surface area contributed by atoms with E-state index < -0.39 is 0 Å². The first-order valence-corrected chi connectivity index (χ1v) is 8.16. The summed E-state index contributed by atoms with van der Waals surface area (Å²) in [5.74, 6) is 2.16. The molecule has 2 amide bonds. The zero-order valence-corrected chi connectivity index (χ0v) is 12.6. The van der Waals surface area contributed by atoms with Gasteiger partial charge in [-0.05, 0) is 17.9 Å². The first kappa shape index (κ1) is 15.0. The van der Waals surface area contributed by atoms with Gasteiger partial charge in [0.1, 0.15) is 5.69 Å². The molecule has 1 saturated heterocycles. The predicted molar refractivity (Wildman–Crippen MR) is 80.9 cm³/mol. The third kappa shape index (κ3) is 3.79. The second-order valence-electron chi connectivity index (χ2n) is 4.70. The van der Waals surface area contributed by atoms with Crippen LogP contribution in [0.3, 0.4) is 0 Å². The van der Waals surface area contributed by atoms with Crippen molar-refractivity contribution in [1.82, 2.24) is 14.8 Å². The molecule has 0 atom stereocenters. The zero-order chi connectivity index (χ0) is 14.4. The molecule has 0 radical (unpaired) electrons. The lowest BCUT2D eigenvalue weighted by Crippen LogP contribution is -2.50. The number of H-pyrrole nitrogens is 1. The molecule has 2 rings (SSSR count). The van der Waals surface area contributed by atoms with Gasteiger partial charge in [0.05, 0.1) is 0 Å². The van der Waals surface area contributed by atoms with Crippen molar-refractivity contribution in [2.75, 3.05) is 37.7 Å². The molecule has 2 heterocycles. The maximum Gasteiger partial charge on any atom is 0.270 e. The number of carbonyl (C=O) groups is 2. The first-order chi connectivity index (χ1) is 9.72. The van der Waals surface area contributed by atoms with Crippen LogP contribution in [-0.2, 0) is 4.79 Å². The van der Waals surface area contributed by atoms with Crippen LogP contribution in [0.15, 0.2) is 18.3 Å². The average Bonchev–Trinajstić information content (AvgIpc) is 3.01. The molecule has 1 aliphatic rings. The maximum absolute atomic E-state index is 12.1. The SMILES string of the molecule is CCSCCC(=O)N1CCN(C(=O)c2ccc[nH]2)CC1. The number of nitrogens with zero attached hydrogens (tertiary/aromatic N) is 2. The summed E-state index contributed by atoms with van der Waals surface area (Å²) < 4.78 is 0. The van der Waals surface area contributed by atoms with Gasteiger partial charge in [0, 0.05) is 44.5 Å². The highest BCUT2D eigenvalue weighted by molar-refractivity contribution is 7.99. The van der Waals surface area contributed by atoms with Crippen molar-refractivity contribution in [3.05, 3.63) is 24.0 Å². The molecule has 110 valence electrons. The van der Waals surface area contributed by atoms with Crippen molar-refractivity contribution < 1.29 is 9.59 Å². The van der Waals surface area contributed by atoms with E-state index in [1.165, 1.54) is 0 Å². The summed E-state index contributed by atoms with van der Waals surface area (Å²) in [4.78, 5) is 30.7. The standard InChI is InChI=1S/C14H21N3O2S/c1-2-20-11-5-13(18)16-7-9-17(10-8-16)14(19)12-4-3-6-15-12/h3-4,6,15H,2,5,7-11H2,1H3. The van der Waals surface area contributed by atoms with Gasteiger partial charge in [-0.15, -0.1) is 0 Å². The van der Waals surface area contributed by atoms with Crippen LogP contribution >= 0.6 is 11.8 Å². The zero-order valence-electron chi connectivity index (χ0n) is 11.8. The normalized spacial score (nSPS) is 15.4. The number of thioether (sulfide) groups is 1. The van der Waals surface area contributed by atoms with Gasteiger partial charge in [0.2, 0.25) is 5.91 Å². The van der Waals surface area contributed by atoms with Gasteiger partial charge < -0.3 is 14.8 Å². The smallest absolute Gasteiger partial charge is 0.270 e. The van der Waals surface area contributed by atoms with E-state index in [0.29, 0.717) is 38.3 Å². The minimum Gasteiger partial charge on any atom is -0.357 e. The predicted octanol–water partition coefficient (Wildman–Crippen LogP) is 1.44. The Kier molecular flexibility index (Phi) is 5.52. The highest BCUT2D eigenvalue weighted by Gasteiger charge is 2.24. The van der Waals surface area contributed by atoms with Gasteiger partial charge in [0.15, 0.2) is 0 Å². The molecule has 1 fully saturated rings. The van der Waals surface area contributed by atoms with E-state index in [4.69, 9.17) is 0 Å². The van der Waals surface area contributed by atoms with Crippen LogP contribution in [-0.4, -0.2) is 64.3 Å². The number of aromatic nitrogens is 1. The molecule has 1 aromatic heterocycles. The third-order valence-electron chi connectivity index (χ3n) is 3.41. The fourth-order valence-corrected chi connectivity index (χ4v) is 2.86. The topological polar surface area (TPSA) is 56.4 Å². The van der Waals surface area contributed by atoms with Crippen molar-refractivity contribution in [3.8, 4) is 0 Å². The molecule has 0 aliphatic carbocycles. The van der Waals surface area contributed by atoms with Crippen LogP contribution in [0.4, 0.5) is 0 Å². The van der Waals surface area contributed by atoms with E-state index in [9.17, 15) is 9.59 Å². The minimum atomic E-state index is 0.0173. The van der Waals surface area contributed by atoms with E-state index in [-0.39, 0.29) is 11.8 Å². The molecule has 0 spiro atoms. The molecule has 0 unspecified atom stereocenters. The molecular formula is C14H21N3O2S. The molecule has 5 nitrogen and oxygen atoms in total. The van der Waals surface area contributed by atoms with Gasteiger partial charge in [-0.3, -0.25) is 9.59 Å². The van der Waals surface area contributed by atoms with Gasteiger partial charge >= 0.3 is 0 Å². The van der Waals surface area contributed by atoms with Crippen LogP contribution in [0, 0.1) is 0 Å². The Bertz CT molecular complexity index is 439. The molecule has 0 saturated carbocycles. The molecule has 6 heteroatoms. The van der Waals surface area contributed by atoms with Gasteiger partial charge in [-0.1, -0.05) is 6.92 Å². The highest BCUT2D eigenvalue weighted by Crippen LogP contribution is 2.10. The molecule has 20 heavy (non-hydrogen) atoms. The number of hydrogen-bond donors (Lipinski definition) is 1. The van der Waals surface area contributed by atoms with Crippen LogP contribution in [0.5, 0.6) is 0 Å². The number of rotatable bonds is 5. The van der Waals surface area contributed by atoms with Gasteiger partial charge in [-0.2, -0.15) is 11.8 Å². The summed E-state index contributed by atoms with van der Waals surface area (Å²) in [6, 6.07) is 3.60. The quantitative estimate of drug-likeness (QED) is 0.836. The van der Waals surface area contributed by atoms with Crippen LogP contribution < -0.4 is 0 Å². The first-order valence-electron chi connectivity index (χ1n) is 7.00. The monoisotopic (exact) mass is 295 g/mol. The van der Waals surface area contributed by atoms with Crippen molar-refractivity contribution in [2.45, 2.75) is 13.3 Å². The molecule has 1 N–H and O–H groups in total. The average molecular weight is 295 g/mol. The highest BCUT2D eigenvalue weighted by atomic mass is 32.2. The Morgan fingerprint density at radius 1 is 1.25 bits per heavy atom. The Morgan fingerprint density at radius 3 is 2.55 bits per heavy atom. The lowest BCUT2D eigenvalue weighted by molar-refractivity contribution is -0.132. The van der Waals surface area contributed by atoms with Gasteiger partial charge in [-0.25, -0.2) is 0 Å². The van der Waals surface area contributed by atoms with E-state index in [1.54, 1.807) is 28.9 Å². The number of hydrogen-bond acceptors (Lipinski definition) is 3. The Labute approximate surface area is 123 Å². The summed E-state index contributed by atoms with van der Waals surface area (Å²) in [5.41, 5.74) is 0.615. The molecule has 1 aliphatic heterocycles. The van der Waals surface area contributed by atoms with E-state index in [1.807, 2.05) is 11.0 Å². The second-order valence-corrected chi connectivity index (χ2v) is 6.10. The number of aromatic amines is 1. The molecular weight excluding hydrogens is 274 g/mol. The van der Waals surface area contributed by atoms with Crippen molar-refractivity contribution in [1.29, 1.82) is 0 Å². The van der Waals surface area contributed by atoms with Crippen molar-refractivity contribution in [2.24, 2.45) is 0 Å². The fraction of sp³-hybridized carbons (Fsp3) is 0.571. The van der Waals surface area contributed by atoms with Crippen LogP contribution in [0.2, 0.25) is 0 Å². The lowest BCUT2D eigenvalue weighted by atomic mass is 10.2. The van der Waals surface area contributed by atoms with Gasteiger partial charge in [0.25, 0.3) is 5.91 Å². The number of nitrogens with one attached hydrogen (secondary N) is 1. The number of amides is 2. The summed E-state index contributed by atoms with van der Waals surface area (Å²) >= 11 is 1.79. The summed E-state index contributed by atoms with van der Waals surface area (Å²) in [6.45, 7) is 4.61. The Hall–Kier alpha value is -1.43. The van der Waals surface area contributed by atoms with Crippen molar-refractivity contribution >= 4 is 23.6 Å². The summed E-state index contributed by atoms with van der Waals surface area (Å²) in [6.07, 6.45) is 2.35. The molecule has 0 aromatic carbocycles. The molecule has 0 bridgehead atoms. The Balaban J connectivity index is 1.77. The van der Waals surface area contributed by atoms with E-state index in [2.05, 4.69) is 11.9 Å². The third-order valence-corrected chi connectivity index (χ3v) is 4.31. The number of piperazine rings is 1. The Morgan fingerprint density at radius 2 is 1.95 bits per heavy atom. The summed E-state index contributed by atoms with van der Waals surface area (Å²) in [7, 11) is 0. The number of carbonyl (C=O) groups excluding carboxylic acids is 2. The molecule has 1 aromatic rings. The van der Waals surface area contributed by atoms with Crippen molar-refractivity contribution in [3.63, 3.8) is 0 Å². The minimum absolute atomic E-state index is 0.0173. The van der Waals surface area contributed by atoms with Crippen LogP contribution in [0.1, 0.15) is 23.8 Å². The maximum atomic E-state index is 12.1.